The van der Waals surface area contributed by atoms with Crippen molar-refractivity contribution >= 4 is 40.4 Å². The fourth-order valence-corrected chi connectivity index (χ4v) is 7.40. The van der Waals surface area contributed by atoms with E-state index in [1.54, 1.807) is 39.8 Å². The van der Waals surface area contributed by atoms with Gasteiger partial charge in [0.1, 0.15) is 15.7 Å². The number of rotatable bonds is 3. The Kier molecular flexibility index (Phi) is 6.10. The number of hydrogen-bond acceptors (Lipinski definition) is 6. The fraction of sp³-hybridized carbons (Fsp3) is 0.259. The van der Waals surface area contributed by atoms with Crippen molar-refractivity contribution in [3.63, 3.8) is 0 Å². The van der Waals surface area contributed by atoms with E-state index in [1.807, 2.05) is 18.3 Å². The Bertz CT molecular complexity index is 1490. The van der Waals surface area contributed by atoms with E-state index in [0.29, 0.717) is 17.1 Å². The van der Waals surface area contributed by atoms with Gasteiger partial charge in [0.05, 0.1) is 31.1 Å². The molecule has 3 aromatic heterocycles. The molecule has 7 nitrogen and oxygen atoms in total. The molecule has 0 radical (unpaired) electrons. The molecule has 1 N–H and O–H groups in total. The number of benzene rings is 1. The van der Waals surface area contributed by atoms with Gasteiger partial charge in [-0.1, -0.05) is 12.1 Å². The average molecular weight is 537 g/mol. The van der Waals surface area contributed by atoms with Crippen LogP contribution >= 0.6 is 22.7 Å². The van der Waals surface area contributed by atoms with Gasteiger partial charge < -0.3 is 24.4 Å². The maximum atomic E-state index is 14.0. The number of anilines is 1. The lowest BCUT2D eigenvalue weighted by atomic mass is 10.0. The van der Waals surface area contributed by atoms with Gasteiger partial charge in [0.2, 0.25) is 0 Å². The van der Waals surface area contributed by atoms with Crippen LogP contribution in [0, 0.1) is 5.82 Å². The summed E-state index contributed by atoms with van der Waals surface area (Å²) in [5.41, 5.74) is 4.59. The van der Waals surface area contributed by atoms with Crippen LogP contribution in [0.15, 0.2) is 54.0 Å². The number of aromatic nitrogens is 1. The molecule has 2 aliphatic rings. The minimum absolute atomic E-state index is 0.331. The number of halogens is 1. The lowest BCUT2D eigenvalue weighted by molar-refractivity contribution is 0.0607. The van der Waals surface area contributed by atoms with Crippen molar-refractivity contribution in [1.29, 1.82) is 0 Å². The molecule has 0 spiro atoms. The summed E-state index contributed by atoms with van der Waals surface area (Å²) in [6.07, 6.45) is 2.95. The lowest BCUT2D eigenvalue weighted by Gasteiger charge is -2.31. The normalized spacial score (nSPS) is 16.9. The molecule has 1 atom stereocenters. The van der Waals surface area contributed by atoms with E-state index in [-0.39, 0.29) is 11.8 Å². The van der Waals surface area contributed by atoms with Crippen LogP contribution in [0.4, 0.5) is 14.9 Å². The summed E-state index contributed by atoms with van der Waals surface area (Å²) in [7, 11) is 3.44. The molecule has 0 saturated heterocycles. The van der Waals surface area contributed by atoms with E-state index in [4.69, 9.17) is 4.74 Å². The molecular weight excluding hydrogens is 511 g/mol. The quantitative estimate of drug-likeness (QED) is 0.344. The summed E-state index contributed by atoms with van der Waals surface area (Å²) in [4.78, 5) is 32.0. The minimum atomic E-state index is -0.497. The number of likely N-dealkylation sites (N-methyl/N-ethyl adjacent to an activating group) is 1. The molecular formula is C27H25FN4O3S2. The van der Waals surface area contributed by atoms with Crippen LogP contribution < -0.4 is 5.32 Å². The van der Waals surface area contributed by atoms with E-state index in [2.05, 4.69) is 21.8 Å². The number of fused-ring (bicyclic) bond motifs is 5. The topological polar surface area (TPSA) is 66.8 Å². The monoisotopic (exact) mass is 536 g/mol. The maximum Gasteiger partial charge on any atom is 0.350 e. The molecule has 10 heteroatoms. The van der Waals surface area contributed by atoms with Crippen LogP contribution in [-0.4, -0.2) is 47.1 Å². The second kappa shape index (κ2) is 9.44. The van der Waals surface area contributed by atoms with E-state index in [9.17, 15) is 14.0 Å². The number of esters is 1. The third-order valence-corrected chi connectivity index (χ3v) is 9.13. The highest BCUT2D eigenvalue weighted by atomic mass is 32.1. The first kappa shape index (κ1) is 23.9. The number of carbonyl (C=O) groups is 2. The number of carbonyl (C=O) groups excluding carboxylic acids is 2. The van der Waals surface area contributed by atoms with Crippen LogP contribution in [0.5, 0.6) is 0 Å². The zero-order valence-corrected chi connectivity index (χ0v) is 22.0. The molecule has 5 heterocycles. The molecule has 2 amide bonds. The highest BCUT2D eigenvalue weighted by Gasteiger charge is 2.36. The highest BCUT2D eigenvalue weighted by Crippen LogP contribution is 2.43. The van der Waals surface area contributed by atoms with Gasteiger partial charge in [-0.3, -0.25) is 0 Å². The van der Waals surface area contributed by atoms with Gasteiger partial charge in [-0.25, -0.2) is 14.0 Å². The van der Waals surface area contributed by atoms with Gasteiger partial charge in [0, 0.05) is 29.7 Å². The fourth-order valence-electron chi connectivity index (χ4n) is 5.19. The molecule has 190 valence electrons. The van der Waals surface area contributed by atoms with E-state index < -0.39 is 12.0 Å². The molecule has 4 aromatic rings. The van der Waals surface area contributed by atoms with Crippen molar-refractivity contribution in [3.8, 4) is 5.00 Å². The SMILES string of the molecule is COC(=O)c1sccc1NC(=O)N1Cc2c(sc3c2CCN(C)C3)-n2cccc2[C@H]1c1ccc(F)cc1. The standard InChI is InChI=1S/C27H25FN4O3S2/c1-30-12-9-18-19-14-32(27(34)29-20-10-13-36-24(20)26(33)35-2)23(16-5-7-17(28)8-6-16)21-4-3-11-31(21)25(19)37-22(18)15-30/h3-8,10-11,13,23H,9,12,14-15H2,1-2H3,(H,29,34)/t23-/m1/s1. The smallest absolute Gasteiger partial charge is 0.350 e. The first-order chi connectivity index (χ1) is 17.9. The zero-order valence-electron chi connectivity index (χ0n) is 20.4. The Morgan fingerprint density at radius 1 is 1.11 bits per heavy atom. The molecule has 0 saturated carbocycles. The predicted molar refractivity (Wildman–Crippen MR) is 142 cm³/mol. The van der Waals surface area contributed by atoms with E-state index in [0.717, 1.165) is 41.3 Å². The Morgan fingerprint density at radius 3 is 2.70 bits per heavy atom. The summed E-state index contributed by atoms with van der Waals surface area (Å²) in [5.74, 6) is -0.828. The van der Waals surface area contributed by atoms with Crippen LogP contribution in [0.1, 0.15) is 43.0 Å². The number of hydrogen-bond donors (Lipinski definition) is 1. The Balaban J connectivity index is 1.48. The van der Waals surface area contributed by atoms with Crippen molar-refractivity contribution in [1.82, 2.24) is 14.4 Å². The highest BCUT2D eigenvalue weighted by molar-refractivity contribution is 7.15. The largest absolute Gasteiger partial charge is 0.465 e. The molecule has 0 unspecified atom stereocenters. The maximum absolute atomic E-state index is 14.0. The molecule has 0 bridgehead atoms. The van der Waals surface area contributed by atoms with Crippen LogP contribution in [-0.2, 0) is 24.2 Å². The molecule has 37 heavy (non-hydrogen) atoms. The van der Waals surface area contributed by atoms with Gasteiger partial charge in [-0.2, -0.15) is 0 Å². The number of thiophene rings is 2. The second-order valence-electron chi connectivity index (χ2n) is 9.25. The minimum Gasteiger partial charge on any atom is -0.465 e. The first-order valence-electron chi connectivity index (χ1n) is 11.9. The van der Waals surface area contributed by atoms with Crippen molar-refractivity contribution in [2.45, 2.75) is 25.6 Å². The first-order valence-corrected chi connectivity index (χ1v) is 13.6. The predicted octanol–water partition coefficient (Wildman–Crippen LogP) is 5.65. The average Bonchev–Trinajstić information content (AvgIpc) is 3.61. The van der Waals surface area contributed by atoms with Crippen molar-refractivity contribution in [2.24, 2.45) is 0 Å². The zero-order chi connectivity index (χ0) is 25.7. The number of amides is 2. The van der Waals surface area contributed by atoms with Gasteiger partial charge in [0.25, 0.3) is 0 Å². The Labute approximate surface area is 221 Å². The lowest BCUT2D eigenvalue weighted by Crippen LogP contribution is -2.38. The third-order valence-electron chi connectivity index (χ3n) is 6.98. The Morgan fingerprint density at radius 2 is 1.92 bits per heavy atom. The second-order valence-corrected chi connectivity index (χ2v) is 11.2. The summed E-state index contributed by atoms with van der Waals surface area (Å²) in [5, 5.41) is 5.82. The summed E-state index contributed by atoms with van der Waals surface area (Å²) < 4.78 is 20.9. The van der Waals surface area contributed by atoms with Gasteiger partial charge >= 0.3 is 12.0 Å². The molecule has 1 aromatic carbocycles. The number of nitrogens with zero attached hydrogens (tertiary/aromatic N) is 3. The van der Waals surface area contributed by atoms with E-state index >= 15 is 0 Å². The van der Waals surface area contributed by atoms with Gasteiger partial charge in [0.15, 0.2) is 0 Å². The molecule has 0 aliphatic carbocycles. The third kappa shape index (κ3) is 4.14. The number of methoxy groups -OCH3 is 1. The summed E-state index contributed by atoms with van der Waals surface area (Å²) in [6.45, 7) is 2.23. The van der Waals surface area contributed by atoms with Crippen LogP contribution in [0.3, 0.4) is 0 Å². The molecule has 6 rings (SSSR count). The number of nitrogens with one attached hydrogen (secondary N) is 1. The van der Waals surface area contributed by atoms with Crippen molar-refractivity contribution in [2.75, 3.05) is 26.0 Å². The number of urea groups is 1. The van der Waals surface area contributed by atoms with Crippen LogP contribution in [0.25, 0.3) is 5.00 Å². The molecule has 2 aliphatic heterocycles. The van der Waals surface area contributed by atoms with Crippen molar-refractivity contribution in [3.05, 3.63) is 92.0 Å². The van der Waals surface area contributed by atoms with Crippen molar-refractivity contribution < 1.29 is 18.7 Å². The number of ether oxygens (including phenoxy) is 1. The van der Waals surface area contributed by atoms with E-state index in [1.165, 1.54) is 41.0 Å². The van der Waals surface area contributed by atoms with Crippen LogP contribution in [0.2, 0.25) is 0 Å². The Hall–Kier alpha value is -3.47. The summed E-state index contributed by atoms with van der Waals surface area (Å²) in [6, 6.07) is 11.2. The van der Waals surface area contributed by atoms with Gasteiger partial charge in [-0.05, 0) is 60.3 Å². The van der Waals surface area contributed by atoms with Gasteiger partial charge in [-0.15, -0.1) is 22.7 Å². The summed E-state index contributed by atoms with van der Waals surface area (Å²) >= 11 is 2.99. The molecule has 0 fully saturated rings.